The van der Waals surface area contributed by atoms with Gasteiger partial charge in [-0.15, -0.1) is 4.86 Å². The largest absolute Gasteiger partial charge is 0.480 e. The van der Waals surface area contributed by atoms with Crippen molar-refractivity contribution in [2.75, 3.05) is 12.3 Å². The number of hydrogen-bond acceptors (Lipinski definition) is 12. The fraction of sp³-hybridized carbons (Fsp3) is 0.500. The first-order valence-corrected chi connectivity index (χ1v) is 12.7. The molecule has 1 fully saturated rings. The Morgan fingerprint density at radius 3 is 2.41 bits per heavy atom. The second kappa shape index (κ2) is 9.85. The summed E-state index contributed by atoms with van der Waals surface area (Å²) in [5.41, 5.74) is 6.02. The molecule has 3 rings (SSSR count). The quantitative estimate of drug-likeness (QED) is 0.134. The van der Waals surface area contributed by atoms with Crippen molar-refractivity contribution in [3.05, 3.63) is 12.7 Å². The number of imidazole rings is 1. The summed E-state index contributed by atoms with van der Waals surface area (Å²) in [6.07, 6.45) is -3.62. The third kappa shape index (κ3) is 6.42. The number of ether oxygens (including phenoxy) is 1. The Bertz CT molecular complexity index is 1110. The Hall–Kier alpha value is -0.763. The van der Waals surface area contributed by atoms with Gasteiger partial charge in [-0.2, -0.15) is 4.31 Å². The van der Waals surface area contributed by atoms with E-state index in [0.717, 1.165) is 11.2 Å². The number of rotatable bonds is 8. The molecule has 6 atom stereocenters. The summed E-state index contributed by atoms with van der Waals surface area (Å²) in [4.78, 5) is 48.5. The minimum atomic E-state index is -5.45. The van der Waals surface area contributed by atoms with Gasteiger partial charge < -0.3 is 40.3 Å². The second-order valence-electron chi connectivity index (χ2n) is 6.14. The van der Waals surface area contributed by atoms with Gasteiger partial charge in [0.05, 0.1) is 12.9 Å². The van der Waals surface area contributed by atoms with E-state index in [4.69, 9.17) is 20.3 Å². The van der Waals surface area contributed by atoms with Gasteiger partial charge in [-0.25, -0.2) is 28.6 Å². The van der Waals surface area contributed by atoms with Gasteiger partial charge in [-0.05, 0) is 0 Å². The summed E-state index contributed by atoms with van der Waals surface area (Å²) in [7, 11) is -16.1. The molecule has 1 aliphatic rings. The van der Waals surface area contributed by atoms with E-state index in [1.165, 1.54) is 10.9 Å². The summed E-state index contributed by atoms with van der Waals surface area (Å²) in [5.74, 6) is 0.0485. The number of aliphatic hydroxyl groups is 2. The number of anilines is 1. The Kier molecular flexibility index (Phi) is 8.46. The van der Waals surface area contributed by atoms with E-state index >= 15 is 0 Å². The van der Waals surface area contributed by atoms with Crippen LogP contribution in [0.15, 0.2) is 12.7 Å². The number of fused-ring (bicyclic) bond motifs is 1. The average molecular weight is 513 g/mol. The molecule has 2 aromatic heterocycles. The number of nitrogens with two attached hydrogens (primary N) is 1. The smallest absolute Gasteiger partial charge is 0.387 e. The zero-order valence-electron chi connectivity index (χ0n) is 16.0. The van der Waals surface area contributed by atoms with Crippen LogP contribution in [0.3, 0.4) is 0 Å². The standard InChI is InChI=1S/C10H17N6O12P3.Li/c11-8-5-9(13-2-12-8)16(3-14-5)10-7(18)6(17)4(27-10)1-26-31(24,25)28-30(22,23)15-29(19,20)21;/h2-4,6-7,10,17-18H,1H2,(H,24,25)(H2,11,12,13)(H4,15,19,20,21,22,23);. The van der Waals surface area contributed by atoms with Crippen LogP contribution >= 0.6 is 23.3 Å². The molecule has 3 heterocycles. The third-order valence-corrected chi connectivity index (χ3v) is 8.11. The van der Waals surface area contributed by atoms with Gasteiger partial charge in [0, 0.05) is 18.9 Å². The van der Waals surface area contributed by atoms with Crippen LogP contribution in [-0.4, -0.2) is 93.1 Å². The number of phosphoric ester groups is 1. The number of nitrogen functional groups attached to an aromatic ring is 1. The van der Waals surface area contributed by atoms with E-state index in [2.05, 4.69) is 23.8 Å². The molecule has 18 nitrogen and oxygen atoms in total. The molecule has 6 unspecified atom stereocenters. The molecule has 175 valence electrons. The Labute approximate surface area is 190 Å². The van der Waals surface area contributed by atoms with Crippen LogP contribution in [0, 0.1) is 0 Å². The molecule has 0 amide bonds. The number of nitrogens with zero attached hydrogens (tertiary/aromatic N) is 4. The predicted octanol–water partition coefficient (Wildman–Crippen LogP) is -2.44. The molecular weight excluding hydrogens is 496 g/mol. The number of hydrogen-bond donors (Lipinski definition) is 8. The summed E-state index contributed by atoms with van der Waals surface area (Å²) in [5, 5.41) is 20.4. The van der Waals surface area contributed by atoms with Crippen LogP contribution in [0.5, 0.6) is 0 Å². The monoisotopic (exact) mass is 513 g/mol. The normalized spacial score (nSPS) is 27.6. The molecule has 32 heavy (non-hydrogen) atoms. The second-order valence-corrected chi connectivity index (χ2v) is 10.9. The minimum absolute atomic E-state index is 0. The van der Waals surface area contributed by atoms with E-state index in [1.807, 2.05) is 0 Å². The summed E-state index contributed by atoms with van der Waals surface area (Å²) in [6, 6.07) is 0. The van der Waals surface area contributed by atoms with Crippen molar-refractivity contribution >= 4 is 59.2 Å². The van der Waals surface area contributed by atoms with Crippen LogP contribution in [0.25, 0.3) is 11.2 Å². The van der Waals surface area contributed by atoms with Gasteiger partial charge in [0.1, 0.15) is 30.2 Å². The van der Waals surface area contributed by atoms with Gasteiger partial charge in [0.2, 0.25) is 0 Å². The van der Waals surface area contributed by atoms with Gasteiger partial charge in [-0.3, -0.25) is 9.09 Å². The fourth-order valence-electron chi connectivity index (χ4n) is 2.67. The SMILES string of the molecule is Nc1ncnc2c1ncn2C1OC(COP(=O)(O)OP(=O)(O)NP(=O)(O)O)C(O)C1O.[Li]. The molecule has 1 aliphatic heterocycles. The van der Waals surface area contributed by atoms with E-state index in [-0.39, 0.29) is 35.8 Å². The topological polar surface area (TPSA) is 282 Å². The maximum Gasteiger partial charge on any atom is 0.480 e. The van der Waals surface area contributed by atoms with Crippen LogP contribution < -0.4 is 10.6 Å². The van der Waals surface area contributed by atoms with Crippen LogP contribution in [0.1, 0.15) is 6.23 Å². The average Bonchev–Trinajstić information content (AvgIpc) is 3.13. The molecule has 0 saturated carbocycles. The van der Waals surface area contributed by atoms with Crippen LogP contribution in [-0.2, 0) is 27.3 Å². The van der Waals surface area contributed by atoms with Gasteiger partial charge in [-0.1, -0.05) is 0 Å². The number of aromatic nitrogens is 4. The van der Waals surface area contributed by atoms with Gasteiger partial charge in [0.15, 0.2) is 17.7 Å². The molecule has 22 heteroatoms. The zero-order chi connectivity index (χ0) is 23.2. The molecule has 0 aromatic carbocycles. The zero-order valence-corrected chi connectivity index (χ0v) is 18.7. The predicted molar refractivity (Wildman–Crippen MR) is 103 cm³/mol. The molecule has 0 spiro atoms. The molecule has 1 saturated heterocycles. The number of nitrogens with one attached hydrogen (secondary N) is 1. The Morgan fingerprint density at radius 1 is 1.12 bits per heavy atom. The molecule has 2 aromatic rings. The first kappa shape index (κ1) is 27.5. The van der Waals surface area contributed by atoms with Crippen molar-refractivity contribution in [3.8, 4) is 0 Å². The maximum atomic E-state index is 11.8. The third-order valence-electron chi connectivity index (χ3n) is 3.87. The van der Waals surface area contributed by atoms with Crippen molar-refractivity contribution in [2.45, 2.75) is 24.5 Å². The van der Waals surface area contributed by atoms with E-state index in [0.29, 0.717) is 0 Å². The van der Waals surface area contributed by atoms with Crippen LogP contribution in [0.2, 0.25) is 0 Å². The van der Waals surface area contributed by atoms with E-state index < -0.39 is 54.5 Å². The van der Waals surface area contributed by atoms with Crippen molar-refractivity contribution in [1.29, 1.82) is 0 Å². The molecule has 0 aliphatic carbocycles. The summed E-state index contributed by atoms with van der Waals surface area (Å²) < 4.78 is 48.9. The summed E-state index contributed by atoms with van der Waals surface area (Å²) >= 11 is 0. The fourth-order valence-corrected chi connectivity index (χ4v) is 6.10. The van der Waals surface area contributed by atoms with Crippen molar-refractivity contribution in [2.24, 2.45) is 0 Å². The summed E-state index contributed by atoms with van der Waals surface area (Å²) in [6.45, 7) is -0.928. The van der Waals surface area contributed by atoms with E-state index in [1.54, 1.807) is 0 Å². The minimum Gasteiger partial charge on any atom is -0.387 e. The van der Waals surface area contributed by atoms with Crippen molar-refractivity contribution < 1.29 is 57.1 Å². The van der Waals surface area contributed by atoms with E-state index in [9.17, 15) is 33.7 Å². The molecule has 0 bridgehead atoms. The Balaban J connectivity index is 0.00000363. The number of phosphoric acid groups is 1. The number of aliphatic hydroxyl groups excluding tert-OH is 2. The van der Waals surface area contributed by atoms with Crippen molar-refractivity contribution in [3.63, 3.8) is 0 Å². The molecule has 9 N–H and O–H groups in total. The Morgan fingerprint density at radius 2 is 1.78 bits per heavy atom. The van der Waals surface area contributed by atoms with Crippen molar-refractivity contribution in [1.82, 2.24) is 24.4 Å². The molecular formula is C10H17LiN6O12P3. The van der Waals surface area contributed by atoms with Gasteiger partial charge in [0.25, 0.3) is 0 Å². The first-order valence-electron chi connectivity index (χ1n) is 8.00. The maximum absolute atomic E-state index is 11.8. The molecule has 1 radical (unpaired) electrons. The first-order chi connectivity index (χ1) is 14.2. The van der Waals surface area contributed by atoms with Crippen LogP contribution in [0.4, 0.5) is 5.82 Å². The van der Waals surface area contributed by atoms with Gasteiger partial charge >= 0.3 is 23.3 Å².